The summed E-state index contributed by atoms with van der Waals surface area (Å²) < 4.78 is 6.06. The Morgan fingerprint density at radius 1 is 1.14 bits per heavy atom. The first-order valence-electron chi connectivity index (χ1n) is 9.83. The predicted molar refractivity (Wildman–Crippen MR) is 123 cm³/mol. The van der Waals surface area contributed by atoms with E-state index in [0.29, 0.717) is 6.67 Å². The van der Waals surface area contributed by atoms with Gasteiger partial charge in [0.25, 0.3) is 0 Å². The Hall–Kier alpha value is -2.35. The largest absolute Gasteiger partial charge is 0.300 e. The van der Waals surface area contributed by atoms with Crippen molar-refractivity contribution in [2.75, 3.05) is 7.05 Å². The summed E-state index contributed by atoms with van der Waals surface area (Å²) in [6, 6.07) is 16.7. The maximum atomic E-state index is 5.77. The molecule has 0 aliphatic carbocycles. The van der Waals surface area contributed by atoms with Gasteiger partial charge in [0, 0.05) is 12.1 Å². The second-order valence-corrected chi connectivity index (χ2v) is 8.84. The second-order valence-electron chi connectivity index (χ2n) is 7.36. The van der Waals surface area contributed by atoms with Crippen molar-refractivity contribution >= 4 is 33.8 Å². The molecule has 7 heteroatoms. The molecule has 150 valence electrons. The van der Waals surface area contributed by atoms with Crippen molar-refractivity contribution < 1.29 is 0 Å². The lowest BCUT2D eigenvalue weighted by Crippen LogP contribution is -2.22. The van der Waals surface area contributed by atoms with Crippen molar-refractivity contribution in [1.82, 2.24) is 24.2 Å². The van der Waals surface area contributed by atoms with Gasteiger partial charge in [0.1, 0.15) is 5.01 Å². The van der Waals surface area contributed by atoms with Crippen molar-refractivity contribution in [2.24, 2.45) is 0 Å². The van der Waals surface area contributed by atoms with E-state index in [1.165, 1.54) is 10.3 Å². The van der Waals surface area contributed by atoms with Crippen LogP contribution in [-0.4, -0.2) is 31.3 Å². The van der Waals surface area contributed by atoms with Crippen LogP contribution in [0.2, 0.25) is 0 Å². The lowest BCUT2D eigenvalue weighted by atomic mass is 10.1. The van der Waals surface area contributed by atoms with Gasteiger partial charge in [-0.3, -0.25) is 9.47 Å². The van der Waals surface area contributed by atoms with Crippen LogP contribution in [0.4, 0.5) is 0 Å². The van der Waals surface area contributed by atoms with Crippen LogP contribution in [0.3, 0.4) is 0 Å². The number of hydrogen-bond donors (Lipinski definition) is 0. The zero-order valence-electron chi connectivity index (χ0n) is 17.0. The van der Waals surface area contributed by atoms with E-state index in [-0.39, 0.29) is 0 Å². The van der Waals surface area contributed by atoms with Crippen LogP contribution in [0.15, 0.2) is 48.5 Å². The molecule has 0 saturated carbocycles. The van der Waals surface area contributed by atoms with Gasteiger partial charge in [-0.15, -0.1) is 11.3 Å². The number of aryl methyl sites for hydroxylation is 1. The van der Waals surface area contributed by atoms with Crippen molar-refractivity contribution in [3.63, 3.8) is 0 Å². The minimum absolute atomic E-state index is 0.629. The molecule has 0 bridgehead atoms. The molecule has 0 aliphatic rings. The number of thiazole rings is 1. The molecule has 4 aromatic rings. The number of hydrogen-bond acceptors (Lipinski definition) is 5. The van der Waals surface area contributed by atoms with Gasteiger partial charge in [-0.05, 0) is 50.8 Å². The smallest absolute Gasteiger partial charge is 0.199 e. The third-order valence-electron chi connectivity index (χ3n) is 4.77. The minimum atomic E-state index is 0.629. The topological polar surface area (TPSA) is 38.9 Å². The highest BCUT2D eigenvalue weighted by Crippen LogP contribution is 2.23. The number of aromatic nitrogens is 4. The first kappa shape index (κ1) is 19.9. The van der Waals surface area contributed by atoms with Gasteiger partial charge in [-0.2, -0.15) is 5.10 Å². The van der Waals surface area contributed by atoms with Crippen LogP contribution < -0.4 is 0 Å². The highest BCUT2D eigenvalue weighted by molar-refractivity contribution is 7.71. The molecule has 5 nitrogen and oxygen atoms in total. The summed E-state index contributed by atoms with van der Waals surface area (Å²) in [6.07, 6.45) is 1.01. The Bertz CT molecular complexity index is 1150. The third-order valence-corrected chi connectivity index (χ3v) is 6.22. The van der Waals surface area contributed by atoms with Crippen LogP contribution in [-0.2, 0) is 19.8 Å². The Morgan fingerprint density at radius 2 is 1.97 bits per heavy atom. The highest BCUT2D eigenvalue weighted by atomic mass is 32.1. The zero-order chi connectivity index (χ0) is 20.4. The third kappa shape index (κ3) is 4.32. The molecule has 0 N–H and O–H groups in total. The maximum Gasteiger partial charge on any atom is 0.199 e. The minimum Gasteiger partial charge on any atom is -0.300 e. The maximum absolute atomic E-state index is 5.77. The zero-order valence-corrected chi connectivity index (χ0v) is 18.6. The highest BCUT2D eigenvalue weighted by Gasteiger charge is 2.14. The van der Waals surface area contributed by atoms with E-state index < -0.39 is 0 Å². The fourth-order valence-corrected chi connectivity index (χ4v) is 4.78. The predicted octanol–water partition coefficient (Wildman–Crippen LogP) is 5.50. The van der Waals surface area contributed by atoms with Crippen LogP contribution in [0.25, 0.3) is 21.6 Å². The summed E-state index contributed by atoms with van der Waals surface area (Å²) in [4.78, 5) is 6.95. The van der Waals surface area contributed by atoms with Crippen LogP contribution in [0.1, 0.15) is 23.9 Å². The lowest BCUT2D eigenvalue weighted by Gasteiger charge is -2.14. The fourth-order valence-electron chi connectivity index (χ4n) is 3.45. The molecule has 0 fully saturated rings. The van der Waals surface area contributed by atoms with Crippen molar-refractivity contribution in [1.29, 1.82) is 0 Å². The van der Waals surface area contributed by atoms with Gasteiger partial charge in [0.2, 0.25) is 0 Å². The Kier molecular flexibility index (Phi) is 5.89. The summed E-state index contributed by atoms with van der Waals surface area (Å²) in [5, 5.41) is 5.98. The summed E-state index contributed by atoms with van der Waals surface area (Å²) >= 11 is 7.51. The van der Waals surface area contributed by atoms with Crippen molar-refractivity contribution in [2.45, 2.75) is 40.0 Å². The molecule has 0 saturated heterocycles. The van der Waals surface area contributed by atoms with Crippen LogP contribution in [0, 0.1) is 11.7 Å². The quantitative estimate of drug-likeness (QED) is 0.368. The first-order valence-corrected chi connectivity index (χ1v) is 11.1. The standard InChI is InChI=1S/C22H25N5S2/c1-4-12-26-21(17-9-7-8-16(2)13-17)24-27(22(26)28)15-25(3)14-20-23-18-10-5-6-11-19(18)29-20/h5-11,13H,4,12,14-15H2,1-3H3. The molecule has 2 aromatic heterocycles. The Morgan fingerprint density at radius 3 is 2.72 bits per heavy atom. The molecule has 0 spiro atoms. The second kappa shape index (κ2) is 8.57. The molecular formula is C22H25N5S2. The van der Waals surface area contributed by atoms with Gasteiger partial charge in [-0.25, -0.2) is 9.67 Å². The van der Waals surface area contributed by atoms with E-state index in [9.17, 15) is 0 Å². The average molecular weight is 424 g/mol. The number of para-hydroxylation sites is 1. The summed E-state index contributed by atoms with van der Waals surface area (Å²) in [5.74, 6) is 0.939. The number of nitrogens with zero attached hydrogens (tertiary/aromatic N) is 5. The number of fused-ring (bicyclic) bond motifs is 1. The van der Waals surface area contributed by atoms with E-state index in [4.69, 9.17) is 22.3 Å². The molecule has 0 atom stereocenters. The van der Waals surface area contributed by atoms with E-state index in [0.717, 1.165) is 46.2 Å². The molecule has 0 radical (unpaired) electrons. The lowest BCUT2D eigenvalue weighted by molar-refractivity contribution is 0.243. The summed E-state index contributed by atoms with van der Waals surface area (Å²) in [6.45, 7) is 6.53. The van der Waals surface area contributed by atoms with Crippen molar-refractivity contribution in [3.05, 3.63) is 63.9 Å². The molecule has 29 heavy (non-hydrogen) atoms. The molecule has 0 amide bonds. The van der Waals surface area contributed by atoms with Gasteiger partial charge in [0.15, 0.2) is 10.6 Å². The Balaban J connectivity index is 1.59. The van der Waals surface area contributed by atoms with Gasteiger partial charge in [-0.1, -0.05) is 42.8 Å². The van der Waals surface area contributed by atoms with E-state index in [1.54, 1.807) is 11.3 Å². The SMILES string of the molecule is CCCn1c(-c2cccc(C)c2)nn(CN(C)Cc2nc3ccccc3s2)c1=S. The van der Waals surface area contributed by atoms with Gasteiger partial charge in [0.05, 0.1) is 23.4 Å². The number of rotatable bonds is 7. The number of benzene rings is 2. The van der Waals surface area contributed by atoms with E-state index in [1.807, 2.05) is 10.7 Å². The summed E-state index contributed by atoms with van der Waals surface area (Å²) in [7, 11) is 2.08. The van der Waals surface area contributed by atoms with Crippen LogP contribution >= 0.6 is 23.6 Å². The van der Waals surface area contributed by atoms with E-state index >= 15 is 0 Å². The van der Waals surface area contributed by atoms with E-state index in [2.05, 4.69) is 72.8 Å². The summed E-state index contributed by atoms with van der Waals surface area (Å²) in [5.41, 5.74) is 3.39. The Labute approximate surface area is 180 Å². The van der Waals surface area contributed by atoms with Gasteiger partial charge < -0.3 is 0 Å². The normalized spacial score (nSPS) is 11.6. The molecule has 2 heterocycles. The molecular weight excluding hydrogens is 398 g/mol. The monoisotopic (exact) mass is 423 g/mol. The van der Waals surface area contributed by atoms with Crippen molar-refractivity contribution in [3.8, 4) is 11.4 Å². The first-order chi connectivity index (χ1) is 14.0. The molecule has 0 unspecified atom stereocenters. The van der Waals surface area contributed by atoms with Gasteiger partial charge >= 0.3 is 0 Å². The average Bonchev–Trinajstić information content (AvgIpc) is 3.23. The molecule has 4 rings (SSSR count). The molecule has 2 aromatic carbocycles. The van der Waals surface area contributed by atoms with Crippen LogP contribution in [0.5, 0.6) is 0 Å². The fraction of sp³-hybridized carbons (Fsp3) is 0.318. The molecule has 0 aliphatic heterocycles.